The van der Waals surface area contributed by atoms with Gasteiger partial charge >= 0.3 is 0 Å². The van der Waals surface area contributed by atoms with Crippen LogP contribution in [0, 0.1) is 10.4 Å². The molecule has 0 amide bonds. The number of nitrogens with one attached hydrogen (secondary N) is 4. The van der Waals surface area contributed by atoms with Crippen molar-refractivity contribution in [2.45, 2.75) is 0 Å². The minimum absolute atomic E-state index is 0.0775. The van der Waals surface area contributed by atoms with Crippen LogP contribution in [0.15, 0.2) is 10.4 Å². The number of rotatable bonds is 5. The van der Waals surface area contributed by atoms with Gasteiger partial charge in [0.2, 0.25) is 0 Å². The van der Waals surface area contributed by atoms with Crippen molar-refractivity contribution < 1.29 is 21.1 Å². The molecular weight excluding hydrogens is 176 g/mol. The SMILES string of the molecule is N/N=N/N(NN[NH+]([O-])O)[NH+]([O-])O. The van der Waals surface area contributed by atoms with Gasteiger partial charge in [0, 0.05) is 10.5 Å². The van der Waals surface area contributed by atoms with E-state index in [0.29, 0.717) is 0 Å². The Labute approximate surface area is 65.4 Å². The van der Waals surface area contributed by atoms with Crippen LogP contribution in [0.4, 0.5) is 0 Å². The molecule has 12 heavy (non-hydrogen) atoms. The van der Waals surface area contributed by atoms with Crippen LogP contribution < -0.4 is 27.6 Å². The van der Waals surface area contributed by atoms with Gasteiger partial charge in [0.1, 0.15) is 0 Å². The smallest absolute Gasteiger partial charge is 0.0178 e. The van der Waals surface area contributed by atoms with Crippen molar-refractivity contribution in [2.75, 3.05) is 0 Å². The number of hydrogen-bond donors (Lipinski definition) is 7. The maximum atomic E-state index is 10.1. The molecule has 0 saturated carbocycles. The normalized spacial score (nSPS) is 16.3. The van der Waals surface area contributed by atoms with E-state index in [4.69, 9.17) is 10.4 Å². The van der Waals surface area contributed by atoms with Crippen LogP contribution in [-0.4, -0.2) is 15.6 Å². The van der Waals surface area contributed by atoms with E-state index in [1.807, 2.05) is 0 Å². The predicted molar refractivity (Wildman–Crippen MR) is 29.4 cm³/mol. The highest BCUT2D eigenvalue weighted by molar-refractivity contribution is 4.04. The summed E-state index contributed by atoms with van der Waals surface area (Å²) < 4.78 is 0. The molecule has 2 unspecified atom stereocenters. The van der Waals surface area contributed by atoms with Crippen molar-refractivity contribution in [3.8, 4) is 0 Å². The highest BCUT2D eigenvalue weighted by Crippen LogP contribution is 1.64. The molecule has 0 aliphatic heterocycles. The summed E-state index contributed by atoms with van der Waals surface area (Å²) in [5.74, 6) is 4.51. The molecule has 0 aliphatic carbocycles. The minimum Gasteiger partial charge on any atom is -0.579 e. The summed E-state index contributed by atoms with van der Waals surface area (Å²) in [4.78, 5) is 0. The summed E-state index contributed by atoms with van der Waals surface area (Å²) in [6.45, 7) is 0. The fourth-order valence-corrected chi connectivity index (χ4v) is 0.261. The first kappa shape index (κ1) is 10.9. The van der Waals surface area contributed by atoms with E-state index < -0.39 is 10.7 Å². The molecule has 0 fully saturated rings. The van der Waals surface area contributed by atoms with Gasteiger partial charge in [-0.05, 0) is 5.53 Å². The van der Waals surface area contributed by atoms with E-state index in [1.54, 1.807) is 5.53 Å². The van der Waals surface area contributed by atoms with Crippen molar-refractivity contribution in [1.29, 1.82) is 0 Å². The van der Waals surface area contributed by atoms with Crippen LogP contribution in [-0.2, 0) is 0 Å². The Morgan fingerprint density at radius 2 is 2.00 bits per heavy atom. The van der Waals surface area contributed by atoms with Crippen molar-refractivity contribution in [3.63, 3.8) is 0 Å². The van der Waals surface area contributed by atoms with Gasteiger partial charge in [0.15, 0.2) is 0 Å². The zero-order valence-corrected chi connectivity index (χ0v) is 5.63. The fraction of sp³-hybridized carbons (Fsp3) is 0. The summed E-state index contributed by atoms with van der Waals surface area (Å²) in [7, 11) is 0. The molecule has 0 spiro atoms. The zero-order valence-electron chi connectivity index (χ0n) is 5.63. The molecule has 0 aliphatic rings. The lowest BCUT2D eigenvalue weighted by Gasteiger charge is -2.22. The summed E-state index contributed by atoms with van der Waals surface area (Å²) in [5, 5.41) is 38.6. The Bertz CT molecular complexity index is 131. The minimum atomic E-state index is -1.57. The molecule has 0 radical (unpaired) electrons. The van der Waals surface area contributed by atoms with E-state index in [2.05, 4.69) is 16.3 Å². The highest BCUT2D eigenvalue weighted by Gasteiger charge is 2.07. The lowest BCUT2D eigenvalue weighted by molar-refractivity contribution is -1.16. The van der Waals surface area contributed by atoms with E-state index in [-0.39, 0.29) is 5.23 Å². The number of nitrogens with two attached hydrogens (primary N) is 1. The molecule has 8 N–H and O–H groups in total. The largest absolute Gasteiger partial charge is 0.579 e. The van der Waals surface area contributed by atoms with Crippen molar-refractivity contribution >= 4 is 0 Å². The second-order valence-corrected chi connectivity index (χ2v) is 1.34. The quantitative estimate of drug-likeness (QED) is 0.126. The Balaban J connectivity index is 3.79. The number of quaternary nitrogens is 2. The maximum Gasteiger partial charge on any atom is 0.0178 e. The van der Waals surface area contributed by atoms with Crippen LogP contribution in [0.1, 0.15) is 0 Å². The highest BCUT2D eigenvalue weighted by atomic mass is 16.9. The molecule has 0 rings (SSSR count). The van der Waals surface area contributed by atoms with Crippen LogP contribution in [0.5, 0.6) is 0 Å². The van der Waals surface area contributed by atoms with Gasteiger partial charge in [-0.3, -0.25) is 0 Å². The van der Waals surface area contributed by atoms with Gasteiger partial charge in [-0.15, -0.1) is 5.34 Å². The first-order valence-corrected chi connectivity index (χ1v) is 2.46. The monoisotopic (exact) mass is 184 g/mol. The summed E-state index contributed by atoms with van der Waals surface area (Å²) in [6, 6.07) is 0. The zero-order chi connectivity index (χ0) is 9.56. The number of nitrogens with zero attached hydrogens (tertiary/aromatic N) is 3. The fourth-order valence-electron chi connectivity index (χ4n) is 0.261. The number of hydrazine groups is 2. The van der Waals surface area contributed by atoms with Gasteiger partial charge in [-0.2, -0.15) is 10.4 Å². The molecule has 0 bridgehead atoms. The van der Waals surface area contributed by atoms with Crippen molar-refractivity contribution in [1.82, 2.24) is 16.3 Å². The first-order chi connectivity index (χ1) is 5.57. The van der Waals surface area contributed by atoms with Gasteiger partial charge in [-0.1, -0.05) is 16.1 Å². The molecule has 0 heterocycles. The van der Waals surface area contributed by atoms with Gasteiger partial charge in [0.25, 0.3) is 0 Å². The van der Waals surface area contributed by atoms with Gasteiger partial charge in [-0.25, -0.2) is 0 Å². The second kappa shape index (κ2) is 5.52. The summed E-state index contributed by atoms with van der Waals surface area (Å²) in [6.07, 6.45) is 0. The summed E-state index contributed by atoms with van der Waals surface area (Å²) in [5.41, 5.74) is 3.18. The van der Waals surface area contributed by atoms with Crippen molar-refractivity contribution in [3.05, 3.63) is 10.4 Å². The molecule has 0 aromatic carbocycles. The molecular formula is H8N8O4. The molecule has 0 saturated heterocycles. The lowest BCUT2D eigenvalue weighted by atomic mass is 12.0. The van der Waals surface area contributed by atoms with E-state index in [9.17, 15) is 10.4 Å². The molecule has 12 heteroatoms. The maximum absolute atomic E-state index is 10.1. The molecule has 0 aromatic heterocycles. The lowest BCUT2D eigenvalue weighted by Crippen LogP contribution is -3.19. The van der Waals surface area contributed by atoms with E-state index in [0.717, 1.165) is 0 Å². The van der Waals surface area contributed by atoms with E-state index in [1.165, 1.54) is 5.53 Å². The first-order valence-electron chi connectivity index (χ1n) is 2.46. The van der Waals surface area contributed by atoms with Crippen molar-refractivity contribution in [2.24, 2.45) is 16.3 Å². The molecule has 0 aromatic rings. The van der Waals surface area contributed by atoms with Crippen LogP contribution in [0.25, 0.3) is 0 Å². The topological polar surface area (TPSA) is 174 Å². The van der Waals surface area contributed by atoms with E-state index >= 15 is 0 Å². The molecule has 2 atom stereocenters. The average molecular weight is 184 g/mol. The molecule has 12 nitrogen and oxygen atoms in total. The Morgan fingerprint density at radius 1 is 1.42 bits per heavy atom. The van der Waals surface area contributed by atoms with Gasteiger partial charge in [0.05, 0.1) is 0 Å². The second-order valence-electron chi connectivity index (χ2n) is 1.34. The standard InChI is InChI=1S/H8N8O4/c1-2-3-6(8(11)12)4-5-7(9)10/h4-5,7-9,11H,(H2,1,3). The van der Waals surface area contributed by atoms with Crippen LogP contribution in [0.2, 0.25) is 0 Å². The third-order valence-electron chi connectivity index (χ3n) is 0.591. The number of hydrogen-bond acceptors (Lipinski definition) is 8. The Morgan fingerprint density at radius 3 is 2.33 bits per heavy atom. The Kier molecular flexibility index (Phi) is 5.00. The summed E-state index contributed by atoms with van der Waals surface area (Å²) >= 11 is 0. The average Bonchev–Trinajstić information content (AvgIpc) is 1.96. The predicted octanol–water partition coefficient (Wildman–Crippen LogP) is -5.09. The third-order valence-corrected chi connectivity index (χ3v) is 0.591. The Hall–Kier alpha value is -1.12. The van der Waals surface area contributed by atoms with Gasteiger partial charge < -0.3 is 16.3 Å². The van der Waals surface area contributed by atoms with Crippen LogP contribution >= 0.6 is 0 Å². The van der Waals surface area contributed by atoms with Crippen LogP contribution in [0.3, 0.4) is 0 Å². The third kappa shape index (κ3) is 4.66. The molecule has 72 valence electrons.